The molecule has 2 heteroatoms. The first-order valence-corrected chi connectivity index (χ1v) is 6.14. The van der Waals surface area contributed by atoms with Gasteiger partial charge in [-0.15, -0.1) is 0 Å². The van der Waals surface area contributed by atoms with Gasteiger partial charge in [-0.3, -0.25) is 0 Å². The van der Waals surface area contributed by atoms with Gasteiger partial charge in [0.2, 0.25) is 0 Å². The highest BCUT2D eigenvalue weighted by molar-refractivity contribution is 4.82. The molecular weight excluding hydrogens is 174 g/mol. The van der Waals surface area contributed by atoms with Gasteiger partial charge in [-0.1, -0.05) is 13.3 Å². The van der Waals surface area contributed by atoms with Crippen molar-refractivity contribution < 1.29 is 4.74 Å². The molecule has 1 N–H and O–H groups in total. The lowest BCUT2D eigenvalue weighted by molar-refractivity contribution is 0.0537. The molecule has 1 heterocycles. The zero-order valence-corrected chi connectivity index (χ0v) is 9.46. The number of hydrogen-bond acceptors (Lipinski definition) is 2. The van der Waals surface area contributed by atoms with Crippen LogP contribution in [-0.2, 0) is 4.74 Å². The molecule has 2 rings (SSSR count). The Bertz CT molecular complexity index is 183. The summed E-state index contributed by atoms with van der Waals surface area (Å²) < 4.78 is 5.79. The van der Waals surface area contributed by atoms with Gasteiger partial charge in [0.05, 0.1) is 12.2 Å². The van der Waals surface area contributed by atoms with Crippen molar-refractivity contribution in [3.05, 3.63) is 0 Å². The van der Waals surface area contributed by atoms with Crippen molar-refractivity contribution in [1.82, 2.24) is 5.32 Å². The van der Waals surface area contributed by atoms with Crippen molar-refractivity contribution in [3.8, 4) is 0 Å². The molecule has 1 saturated carbocycles. The SMILES string of the molecule is CC1CCC(CNC2CCCC2C)O1. The van der Waals surface area contributed by atoms with Gasteiger partial charge in [0, 0.05) is 12.6 Å². The smallest absolute Gasteiger partial charge is 0.0704 e. The predicted molar refractivity (Wildman–Crippen MR) is 58.4 cm³/mol. The van der Waals surface area contributed by atoms with E-state index in [1.807, 2.05) is 0 Å². The molecule has 0 aromatic heterocycles. The molecule has 2 nitrogen and oxygen atoms in total. The minimum Gasteiger partial charge on any atom is -0.374 e. The summed E-state index contributed by atoms with van der Waals surface area (Å²) in [6.45, 7) is 5.61. The van der Waals surface area contributed by atoms with Crippen LogP contribution in [-0.4, -0.2) is 24.8 Å². The molecule has 4 unspecified atom stereocenters. The monoisotopic (exact) mass is 197 g/mol. The minimum atomic E-state index is 0.484. The fourth-order valence-electron chi connectivity index (χ4n) is 2.77. The average molecular weight is 197 g/mol. The van der Waals surface area contributed by atoms with E-state index in [1.54, 1.807) is 0 Å². The van der Waals surface area contributed by atoms with Crippen molar-refractivity contribution >= 4 is 0 Å². The van der Waals surface area contributed by atoms with E-state index in [0.717, 1.165) is 18.5 Å². The van der Waals surface area contributed by atoms with Crippen molar-refractivity contribution in [3.63, 3.8) is 0 Å². The van der Waals surface area contributed by atoms with Crippen LogP contribution >= 0.6 is 0 Å². The highest BCUT2D eigenvalue weighted by Crippen LogP contribution is 2.25. The van der Waals surface area contributed by atoms with E-state index in [-0.39, 0.29) is 0 Å². The maximum atomic E-state index is 5.79. The van der Waals surface area contributed by atoms with E-state index in [0.29, 0.717) is 12.2 Å². The highest BCUT2D eigenvalue weighted by atomic mass is 16.5. The molecule has 0 bridgehead atoms. The Kier molecular flexibility index (Phi) is 3.45. The average Bonchev–Trinajstić information content (AvgIpc) is 2.72. The third kappa shape index (κ3) is 2.48. The minimum absolute atomic E-state index is 0.484. The molecular formula is C12H23NO. The molecule has 14 heavy (non-hydrogen) atoms. The van der Waals surface area contributed by atoms with E-state index in [2.05, 4.69) is 19.2 Å². The second-order valence-corrected chi connectivity index (χ2v) is 5.07. The zero-order valence-electron chi connectivity index (χ0n) is 9.46. The fourth-order valence-corrected chi connectivity index (χ4v) is 2.77. The van der Waals surface area contributed by atoms with Crippen LogP contribution in [0.2, 0.25) is 0 Å². The molecule has 1 aliphatic heterocycles. The number of ether oxygens (including phenoxy) is 1. The first-order chi connectivity index (χ1) is 6.75. The van der Waals surface area contributed by atoms with Crippen LogP contribution in [0, 0.1) is 5.92 Å². The van der Waals surface area contributed by atoms with E-state index in [4.69, 9.17) is 4.74 Å². The van der Waals surface area contributed by atoms with Crippen LogP contribution in [0.3, 0.4) is 0 Å². The van der Waals surface area contributed by atoms with Gasteiger partial charge in [-0.25, -0.2) is 0 Å². The Morgan fingerprint density at radius 3 is 2.57 bits per heavy atom. The number of nitrogens with one attached hydrogen (secondary N) is 1. The summed E-state index contributed by atoms with van der Waals surface area (Å²) in [7, 11) is 0. The Morgan fingerprint density at radius 1 is 1.14 bits per heavy atom. The van der Waals surface area contributed by atoms with Gasteiger partial charge in [0.15, 0.2) is 0 Å². The zero-order chi connectivity index (χ0) is 9.97. The van der Waals surface area contributed by atoms with Crippen molar-refractivity contribution in [2.45, 2.75) is 64.2 Å². The normalized spacial score (nSPS) is 43.3. The Morgan fingerprint density at radius 2 is 2.00 bits per heavy atom. The third-order valence-corrected chi connectivity index (χ3v) is 3.79. The van der Waals surface area contributed by atoms with Crippen LogP contribution in [0.1, 0.15) is 46.0 Å². The topological polar surface area (TPSA) is 21.3 Å². The van der Waals surface area contributed by atoms with Gasteiger partial charge >= 0.3 is 0 Å². The van der Waals surface area contributed by atoms with E-state index >= 15 is 0 Å². The molecule has 0 amide bonds. The van der Waals surface area contributed by atoms with Crippen LogP contribution in [0.25, 0.3) is 0 Å². The second-order valence-electron chi connectivity index (χ2n) is 5.07. The predicted octanol–water partition coefficient (Wildman–Crippen LogP) is 2.33. The molecule has 2 aliphatic rings. The summed E-state index contributed by atoms with van der Waals surface area (Å²) in [5.41, 5.74) is 0. The highest BCUT2D eigenvalue weighted by Gasteiger charge is 2.26. The van der Waals surface area contributed by atoms with Gasteiger partial charge in [0.25, 0.3) is 0 Å². The van der Waals surface area contributed by atoms with Crippen LogP contribution in [0.5, 0.6) is 0 Å². The van der Waals surface area contributed by atoms with Crippen LogP contribution < -0.4 is 5.32 Å². The van der Waals surface area contributed by atoms with E-state index in [9.17, 15) is 0 Å². The van der Waals surface area contributed by atoms with E-state index < -0.39 is 0 Å². The lowest BCUT2D eigenvalue weighted by Crippen LogP contribution is -2.37. The quantitative estimate of drug-likeness (QED) is 0.750. The van der Waals surface area contributed by atoms with Gasteiger partial charge in [-0.2, -0.15) is 0 Å². The maximum Gasteiger partial charge on any atom is 0.0704 e. The third-order valence-electron chi connectivity index (χ3n) is 3.79. The van der Waals surface area contributed by atoms with Crippen molar-refractivity contribution in [1.29, 1.82) is 0 Å². The van der Waals surface area contributed by atoms with Gasteiger partial charge < -0.3 is 10.1 Å². The molecule has 1 aliphatic carbocycles. The Labute approximate surface area is 87.4 Å². The molecule has 82 valence electrons. The van der Waals surface area contributed by atoms with Gasteiger partial charge in [0.1, 0.15) is 0 Å². The van der Waals surface area contributed by atoms with Gasteiger partial charge in [-0.05, 0) is 38.5 Å². The molecule has 2 fully saturated rings. The molecule has 0 radical (unpaired) electrons. The molecule has 1 saturated heterocycles. The summed E-state index contributed by atoms with van der Waals surface area (Å²) in [4.78, 5) is 0. The standard InChI is InChI=1S/C12H23NO/c1-9-4-3-5-12(9)13-8-11-7-6-10(2)14-11/h9-13H,3-8H2,1-2H3. The number of rotatable bonds is 3. The van der Waals surface area contributed by atoms with Crippen molar-refractivity contribution in [2.24, 2.45) is 5.92 Å². The fraction of sp³-hybridized carbons (Fsp3) is 1.00. The molecule has 0 spiro atoms. The molecule has 0 aromatic carbocycles. The largest absolute Gasteiger partial charge is 0.374 e. The molecule has 0 aromatic rings. The Hall–Kier alpha value is -0.0800. The molecule has 4 atom stereocenters. The first-order valence-electron chi connectivity index (χ1n) is 6.14. The van der Waals surface area contributed by atoms with Crippen molar-refractivity contribution in [2.75, 3.05) is 6.54 Å². The number of hydrogen-bond donors (Lipinski definition) is 1. The lowest BCUT2D eigenvalue weighted by Gasteiger charge is -2.20. The summed E-state index contributed by atoms with van der Waals surface area (Å²) in [5.74, 6) is 0.869. The summed E-state index contributed by atoms with van der Waals surface area (Å²) in [6.07, 6.45) is 7.63. The maximum absolute atomic E-state index is 5.79. The van der Waals surface area contributed by atoms with E-state index in [1.165, 1.54) is 32.1 Å². The summed E-state index contributed by atoms with van der Waals surface area (Å²) in [6, 6.07) is 0.759. The summed E-state index contributed by atoms with van der Waals surface area (Å²) in [5, 5.41) is 3.67. The van der Waals surface area contributed by atoms with Crippen LogP contribution in [0.4, 0.5) is 0 Å². The Balaban J connectivity index is 1.67. The lowest BCUT2D eigenvalue weighted by atomic mass is 10.1. The first kappa shape index (κ1) is 10.4. The van der Waals surface area contributed by atoms with Crippen LogP contribution in [0.15, 0.2) is 0 Å². The summed E-state index contributed by atoms with van der Waals surface area (Å²) >= 11 is 0. The second kappa shape index (κ2) is 4.63.